The van der Waals surface area contributed by atoms with Crippen LogP contribution in [0.25, 0.3) is 33.3 Å². The van der Waals surface area contributed by atoms with Gasteiger partial charge in [-0.2, -0.15) is 5.10 Å². The molecule has 0 bridgehead atoms. The number of pyridine rings is 1. The summed E-state index contributed by atoms with van der Waals surface area (Å²) in [6.07, 6.45) is 7.48. The third-order valence-electron chi connectivity index (χ3n) is 4.05. The van der Waals surface area contributed by atoms with E-state index in [2.05, 4.69) is 26.2 Å². The molecule has 112 valence electrons. The lowest BCUT2D eigenvalue weighted by Gasteiger charge is -2.04. The van der Waals surface area contributed by atoms with Crippen molar-refractivity contribution in [3.8, 4) is 33.8 Å². The molecule has 0 fully saturated rings. The van der Waals surface area contributed by atoms with Crippen LogP contribution in [0.1, 0.15) is 0 Å². The van der Waals surface area contributed by atoms with Gasteiger partial charge in [0, 0.05) is 40.7 Å². The average Bonchev–Trinajstić information content (AvgIpc) is 3.32. The van der Waals surface area contributed by atoms with E-state index in [-0.39, 0.29) is 6.79 Å². The molecule has 1 aliphatic heterocycles. The largest absolute Gasteiger partial charge is 0.454 e. The molecule has 4 heterocycles. The van der Waals surface area contributed by atoms with Gasteiger partial charge in [0.25, 0.3) is 0 Å². The van der Waals surface area contributed by atoms with Gasteiger partial charge in [0.05, 0.1) is 6.20 Å². The number of hydrogen-bond donors (Lipinski definition) is 2. The summed E-state index contributed by atoms with van der Waals surface area (Å²) in [6, 6.07) is 8.05. The maximum atomic E-state index is 5.45. The van der Waals surface area contributed by atoms with E-state index in [4.69, 9.17) is 9.47 Å². The van der Waals surface area contributed by atoms with Gasteiger partial charge in [-0.3, -0.25) is 5.10 Å². The summed E-state index contributed by atoms with van der Waals surface area (Å²) >= 11 is 0. The number of hydrogen-bond acceptors (Lipinski definition) is 4. The summed E-state index contributed by atoms with van der Waals surface area (Å²) in [4.78, 5) is 7.72. The Morgan fingerprint density at radius 3 is 2.78 bits per heavy atom. The molecule has 0 saturated carbocycles. The lowest BCUT2D eigenvalue weighted by Crippen LogP contribution is -1.92. The molecular formula is C17H12N4O2. The molecular weight excluding hydrogens is 292 g/mol. The highest BCUT2D eigenvalue weighted by Crippen LogP contribution is 2.37. The number of aromatic amines is 2. The van der Waals surface area contributed by atoms with Crippen LogP contribution in [0.15, 0.2) is 49.1 Å². The lowest BCUT2D eigenvalue weighted by atomic mass is 10.0. The summed E-state index contributed by atoms with van der Waals surface area (Å²) in [5.41, 5.74) is 5.03. The molecule has 4 aromatic rings. The number of benzene rings is 1. The molecule has 6 nitrogen and oxygen atoms in total. The minimum atomic E-state index is 0.276. The van der Waals surface area contributed by atoms with Gasteiger partial charge in [-0.15, -0.1) is 0 Å². The first kappa shape index (κ1) is 12.3. The molecule has 1 aliphatic rings. The molecule has 3 aromatic heterocycles. The number of aromatic nitrogens is 4. The minimum Gasteiger partial charge on any atom is -0.454 e. The molecule has 5 rings (SSSR count). The average molecular weight is 304 g/mol. The predicted molar refractivity (Wildman–Crippen MR) is 85.2 cm³/mol. The van der Waals surface area contributed by atoms with Crippen LogP contribution in [0.4, 0.5) is 0 Å². The number of ether oxygens (including phenoxy) is 2. The van der Waals surface area contributed by atoms with Crippen LogP contribution in [-0.4, -0.2) is 27.0 Å². The Kier molecular flexibility index (Phi) is 2.46. The summed E-state index contributed by atoms with van der Waals surface area (Å²) in [7, 11) is 0. The number of rotatable bonds is 2. The Balaban J connectivity index is 1.66. The van der Waals surface area contributed by atoms with E-state index in [9.17, 15) is 0 Å². The fourth-order valence-electron chi connectivity index (χ4n) is 2.87. The quantitative estimate of drug-likeness (QED) is 0.595. The maximum absolute atomic E-state index is 5.45. The van der Waals surface area contributed by atoms with Crippen molar-refractivity contribution in [1.29, 1.82) is 0 Å². The van der Waals surface area contributed by atoms with Crippen LogP contribution < -0.4 is 9.47 Å². The predicted octanol–water partition coefficient (Wildman–Crippen LogP) is 3.35. The van der Waals surface area contributed by atoms with Crippen molar-refractivity contribution >= 4 is 11.0 Å². The van der Waals surface area contributed by atoms with Gasteiger partial charge >= 0.3 is 0 Å². The Hall–Kier alpha value is -3.28. The third kappa shape index (κ3) is 1.88. The molecule has 0 unspecified atom stereocenters. The van der Waals surface area contributed by atoms with Crippen LogP contribution in [0.3, 0.4) is 0 Å². The van der Waals surface area contributed by atoms with Gasteiger partial charge in [-0.25, -0.2) is 4.98 Å². The third-order valence-corrected chi connectivity index (χ3v) is 4.05. The molecule has 0 radical (unpaired) electrons. The van der Waals surface area contributed by atoms with Gasteiger partial charge < -0.3 is 14.5 Å². The molecule has 1 aromatic carbocycles. The Bertz CT molecular complexity index is 1000. The topological polar surface area (TPSA) is 75.8 Å². The summed E-state index contributed by atoms with van der Waals surface area (Å²) in [5.74, 6) is 1.55. The normalized spacial score (nSPS) is 12.9. The van der Waals surface area contributed by atoms with E-state index in [1.54, 1.807) is 6.20 Å². The zero-order valence-electron chi connectivity index (χ0n) is 12.0. The van der Waals surface area contributed by atoms with Gasteiger partial charge in [0.2, 0.25) is 6.79 Å². The van der Waals surface area contributed by atoms with Gasteiger partial charge in [0.15, 0.2) is 11.5 Å². The second-order valence-corrected chi connectivity index (χ2v) is 5.38. The smallest absolute Gasteiger partial charge is 0.231 e. The number of nitrogens with one attached hydrogen (secondary N) is 2. The summed E-state index contributed by atoms with van der Waals surface area (Å²) in [5, 5.41) is 7.91. The second-order valence-electron chi connectivity index (χ2n) is 5.38. The molecule has 0 atom stereocenters. The van der Waals surface area contributed by atoms with Gasteiger partial charge in [0.1, 0.15) is 5.65 Å². The molecule has 0 amide bonds. The molecule has 2 N–H and O–H groups in total. The van der Waals surface area contributed by atoms with Gasteiger partial charge in [-0.1, -0.05) is 6.07 Å². The maximum Gasteiger partial charge on any atom is 0.231 e. The van der Waals surface area contributed by atoms with Crippen LogP contribution in [-0.2, 0) is 0 Å². The van der Waals surface area contributed by atoms with Crippen molar-refractivity contribution in [2.75, 3.05) is 6.79 Å². The van der Waals surface area contributed by atoms with Crippen LogP contribution in [0.2, 0.25) is 0 Å². The zero-order chi connectivity index (χ0) is 15.2. The molecule has 0 saturated heterocycles. The zero-order valence-corrected chi connectivity index (χ0v) is 12.0. The number of fused-ring (bicyclic) bond motifs is 2. The van der Waals surface area contributed by atoms with Gasteiger partial charge in [-0.05, 0) is 23.8 Å². The van der Waals surface area contributed by atoms with E-state index in [1.807, 2.05) is 36.8 Å². The summed E-state index contributed by atoms with van der Waals surface area (Å²) in [6.45, 7) is 0.276. The fourth-order valence-corrected chi connectivity index (χ4v) is 2.87. The lowest BCUT2D eigenvalue weighted by molar-refractivity contribution is 0.174. The van der Waals surface area contributed by atoms with Crippen molar-refractivity contribution < 1.29 is 9.47 Å². The van der Waals surface area contributed by atoms with Crippen LogP contribution >= 0.6 is 0 Å². The first-order valence-electron chi connectivity index (χ1n) is 7.25. The van der Waals surface area contributed by atoms with Crippen molar-refractivity contribution in [3.05, 3.63) is 49.1 Å². The Morgan fingerprint density at radius 2 is 1.87 bits per heavy atom. The Labute approximate surface area is 131 Å². The first-order valence-corrected chi connectivity index (χ1v) is 7.25. The highest BCUT2D eigenvalue weighted by molar-refractivity contribution is 5.95. The Morgan fingerprint density at radius 1 is 0.913 bits per heavy atom. The fraction of sp³-hybridized carbons (Fsp3) is 0.0588. The first-order chi connectivity index (χ1) is 11.4. The van der Waals surface area contributed by atoms with Crippen molar-refractivity contribution in [2.45, 2.75) is 0 Å². The van der Waals surface area contributed by atoms with E-state index >= 15 is 0 Å². The van der Waals surface area contributed by atoms with Crippen LogP contribution in [0, 0.1) is 0 Å². The van der Waals surface area contributed by atoms with Crippen LogP contribution in [0.5, 0.6) is 11.5 Å². The van der Waals surface area contributed by atoms with Crippen molar-refractivity contribution in [1.82, 2.24) is 20.2 Å². The molecule has 6 heteroatoms. The SMILES string of the molecule is c1cc2c(cc1-c1cnc3[nH]cc(-c4cn[nH]c4)c3c1)OCO2. The van der Waals surface area contributed by atoms with E-state index in [0.717, 1.165) is 44.8 Å². The standard InChI is InChI=1S/C17H12N4O2/c1-2-15-16(23-9-22-15)4-10(1)11-3-13-14(12-6-20-21-7-12)8-19-17(13)18-5-11/h1-8H,9H2,(H,18,19)(H,20,21). The number of H-pyrrole nitrogens is 2. The highest BCUT2D eigenvalue weighted by Gasteiger charge is 2.15. The second kappa shape index (κ2) is 4.61. The molecule has 0 spiro atoms. The number of nitrogens with zero attached hydrogens (tertiary/aromatic N) is 2. The molecule has 0 aliphatic carbocycles. The van der Waals surface area contributed by atoms with Crippen molar-refractivity contribution in [2.24, 2.45) is 0 Å². The van der Waals surface area contributed by atoms with Crippen molar-refractivity contribution in [3.63, 3.8) is 0 Å². The highest BCUT2D eigenvalue weighted by atomic mass is 16.7. The summed E-state index contributed by atoms with van der Waals surface area (Å²) < 4.78 is 10.8. The van der Waals surface area contributed by atoms with E-state index in [1.165, 1.54) is 0 Å². The van der Waals surface area contributed by atoms with E-state index in [0.29, 0.717) is 0 Å². The monoisotopic (exact) mass is 304 g/mol. The molecule has 23 heavy (non-hydrogen) atoms. The van der Waals surface area contributed by atoms with E-state index < -0.39 is 0 Å². The minimum absolute atomic E-state index is 0.276.